The Morgan fingerprint density at radius 1 is 1.35 bits per heavy atom. The van der Waals surface area contributed by atoms with E-state index >= 15 is 0 Å². The van der Waals surface area contributed by atoms with Gasteiger partial charge in [-0.25, -0.2) is 4.79 Å². The van der Waals surface area contributed by atoms with Crippen molar-refractivity contribution >= 4 is 5.97 Å². The molecule has 0 saturated carbocycles. The largest absolute Gasteiger partial charge is 0.475 e. The van der Waals surface area contributed by atoms with Gasteiger partial charge in [0, 0.05) is 12.6 Å². The molecule has 0 radical (unpaired) electrons. The normalized spacial score (nSPS) is 10.0. The molecule has 0 aromatic carbocycles. The molecule has 0 spiro atoms. The van der Waals surface area contributed by atoms with Crippen molar-refractivity contribution in [1.29, 1.82) is 0 Å². The van der Waals surface area contributed by atoms with Gasteiger partial charge in [0.1, 0.15) is 6.61 Å². The third-order valence-corrected chi connectivity index (χ3v) is 1.99. The average molecular weight is 239 g/mol. The van der Waals surface area contributed by atoms with Crippen LogP contribution in [0.5, 0.6) is 5.88 Å². The zero-order valence-corrected chi connectivity index (χ0v) is 10.1. The third kappa shape index (κ3) is 4.78. The van der Waals surface area contributed by atoms with E-state index in [1.54, 1.807) is 6.07 Å². The molecule has 0 atom stereocenters. The van der Waals surface area contributed by atoms with Gasteiger partial charge in [-0.05, 0) is 19.0 Å². The van der Waals surface area contributed by atoms with Crippen LogP contribution in [0, 0.1) is 0 Å². The standard InChI is InChI=1S/C11H17N3O3/c1-3-6-12-7-8-17-10-5-4-9(13-14-10)11(15)16-2/h4-5,12H,3,6-8H2,1-2H3. The number of ether oxygens (including phenoxy) is 2. The number of nitrogens with zero attached hydrogens (tertiary/aromatic N) is 2. The first-order valence-electron chi connectivity index (χ1n) is 5.53. The summed E-state index contributed by atoms with van der Waals surface area (Å²) in [5.41, 5.74) is 0.170. The lowest BCUT2D eigenvalue weighted by atomic mass is 10.4. The third-order valence-electron chi connectivity index (χ3n) is 1.99. The van der Waals surface area contributed by atoms with Crippen LogP contribution in [0.25, 0.3) is 0 Å². The van der Waals surface area contributed by atoms with Crippen LogP contribution in [0.2, 0.25) is 0 Å². The molecular formula is C11H17N3O3. The molecule has 6 heteroatoms. The lowest BCUT2D eigenvalue weighted by Crippen LogP contribution is -2.21. The Hall–Kier alpha value is -1.69. The Kier molecular flexibility index (Phi) is 5.95. The van der Waals surface area contributed by atoms with Crippen molar-refractivity contribution in [3.05, 3.63) is 17.8 Å². The summed E-state index contributed by atoms with van der Waals surface area (Å²) in [6, 6.07) is 3.12. The zero-order chi connectivity index (χ0) is 12.5. The number of esters is 1. The lowest BCUT2D eigenvalue weighted by Gasteiger charge is -2.05. The molecule has 0 amide bonds. The van der Waals surface area contributed by atoms with Crippen LogP contribution in [0.1, 0.15) is 23.8 Å². The molecule has 17 heavy (non-hydrogen) atoms. The molecule has 1 heterocycles. The fourth-order valence-electron chi connectivity index (χ4n) is 1.14. The molecule has 6 nitrogen and oxygen atoms in total. The lowest BCUT2D eigenvalue weighted by molar-refractivity contribution is 0.0592. The van der Waals surface area contributed by atoms with Crippen molar-refractivity contribution in [2.45, 2.75) is 13.3 Å². The summed E-state index contributed by atoms with van der Waals surface area (Å²) in [5.74, 6) is -0.107. The molecule has 1 rings (SSSR count). The summed E-state index contributed by atoms with van der Waals surface area (Å²) in [6.07, 6.45) is 1.09. The van der Waals surface area contributed by atoms with E-state index in [-0.39, 0.29) is 5.69 Å². The molecular weight excluding hydrogens is 222 g/mol. The van der Waals surface area contributed by atoms with E-state index in [1.807, 2.05) is 0 Å². The SMILES string of the molecule is CCCNCCOc1ccc(C(=O)OC)nn1. The Labute approximate surface area is 100 Å². The number of hydrogen-bond acceptors (Lipinski definition) is 6. The molecule has 1 aromatic rings. The van der Waals surface area contributed by atoms with Gasteiger partial charge >= 0.3 is 5.97 Å². The maximum atomic E-state index is 11.1. The van der Waals surface area contributed by atoms with E-state index in [9.17, 15) is 4.79 Å². The van der Waals surface area contributed by atoms with Gasteiger partial charge in [0.05, 0.1) is 7.11 Å². The predicted molar refractivity (Wildman–Crippen MR) is 62.0 cm³/mol. The Morgan fingerprint density at radius 3 is 2.76 bits per heavy atom. The summed E-state index contributed by atoms with van der Waals surface area (Å²) >= 11 is 0. The van der Waals surface area contributed by atoms with Crippen LogP contribution in [-0.4, -0.2) is 43.0 Å². The smallest absolute Gasteiger partial charge is 0.358 e. The van der Waals surface area contributed by atoms with Gasteiger partial charge in [-0.1, -0.05) is 6.92 Å². The number of hydrogen-bond donors (Lipinski definition) is 1. The Balaban J connectivity index is 2.33. The van der Waals surface area contributed by atoms with Crippen LogP contribution in [0.4, 0.5) is 0 Å². The van der Waals surface area contributed by atoms with Crippen molar-refractivity contribution in [3.63, 3.8) is 0 Å². The van der Waals surface area contributed by atoms with Crippen molar-refractivity contribution in [2.75, 3.05) is 26.8 Å². The van der Waals surface area contributed by atoms with Crippen molar-refractivity contribution in [2.24, 2.45) is 0 Å². The van der Waals surface area contributed by atoms with Crippen LogP contribution < -0.4 is 10.1 Å². The highest BCUT2D eigenvalue weighted by Gasteiger charge is 2.07. The van der Waals surface area contributed by atoms with Gasteiger partial charge in [0.15, 0.2) is 5.69 Å². The van der Waals surface area contributed by atoms with Gasteiger partial charge in [-0.15, -0.1) is 10.2 Å². The maximum Gasteiger partial charge on any atom is 0.358 e. The first-order chi connectivity index (χ1) is 8.27. The zero-order valence-electron chi connectivity index (χ0n) is 10.1. The summed E-state index contributed by atoms with van der Waals surface area (Å²) in [7, 11) is 1.30. The average Bonchev–Trinajstić information content (AvgIpc) is 2.38. The fraction of sp³-hybridized carbons (Fsp3) is 0.545. The Morgan fingerprint density at radius 2 is 2.18 bits per heavy atom. The fourth-order valence-corrected chi connectivity index (χ4v) is 1.14. The molecule has 94 valence electrons. The van der Waals surface area contributed by atoms with Crippen molar-refractivity contribution < 1.29 is 14.3 Å². The highest BCUT2D eigenvalue weighted by Crippen LogP contribution is 2.05. The molecule has 0 unspecified atom stereocenters. The first-order valence-corrected chi connectivity index (χ1v) is 5.53. The predicted octanol–water partition coefficient (Wildman–Crippen LogP) is 0.642. The molecule has 0 aliphatic carbocycles. The van der Waals surface area contributed by atoms with E-state index in [2.05, 4.69) is 27.2 Å². The number of methoxy groups -OCH3 is 1. The van der Waals surface area contributed by atoms with Crippen LogP contribution in [-0.2, 0) is 4.74 Å². The number of rotatable bonds is 7. The monoisotopic (exact) mass is 239 g/mol. The Bertz CT molecular complexity index is 340. The van der Waals surface area contributed by atoms with E-state index in [4.69, 9.17) is 4.74 Å². The minimum atomic E-state index is -0.506. The minimum Gasteiger partial charge on any atom is -0.475 e. The minimum absolute atomic E-state index is 0.170. The van der Waals surface area contributed by atoms with E-state index < -0.39 is 5.97 Å². The second-order valence-corrected chi connectivity index (χ2v) is 3.35. The van der Waals surface area contributed by atoms with Gasteiger partial charge in [0.25, 0.3) is 0 Å². The molecule has 0 aliphatic heterocycles. The highest BCUT2D eigenvalue weighted by molar-refractivity contribution is 5.86. The highest BCUT2D eigenvalue weighted by atomic mass is 16.5. The van der Waals surface area contributed by atoms with Gasteiger partial charge in [-0.3, -0.25) is 0 Å². The van der Waals surface area contributed by atoms with Gasteiger partial charge in [-0.2, -0.15) is 0 Å². The maximum absolute atomic E-state index is 11.1. The molecule has 0 saturated heterocycles. The second kappa shape index (κ2) is 7.56. The van der Waals surface area contributed by atoms with Crippen LogP contribution >= 0.6 is 0 Å². The van der Waals surface area contributed by atoms with Gasteiger partial charge < -0.3 is 14.8 Å². The van der Waals surface area contributed by atoms with Crippen molar-refractivity contribution in [3.8, 4) is 5.88 Å². The summed E-state index contributed by atoms with van der Waals surface area (Å²) in [4.78, 5) is 11.1. The second-order valence-electron chi connectivity index (χ2n) is 3.35. The summed E-state index contributed by atoms with van der Waals surface area (Å²) in [6.45, 7) is 4.35. The number of aromatic nitrogens is 2. The number of carbonyl (C=O) groups excluding carboxylic acids is 1. The van der Waals surface area contributed by atoms with E-state index in [0.717, 1.165) is 19.5 Å². The molecule has 0 fully saturated rings. The molecule has 0 bridgehead atoms. The molecule has 1 aromatic heterocycles. The van der Waals surface area contributed by atoms with Crippen molar-refractivity contribution in [1.82, 2.24) is 15.5 Å². The summed E-state index contributed by atoms with van der Waals surface area (Å²) < 4.78 is 9.84. The van der Waals surface area contributed by atoms with E-state index in [0.29, 0.717) is 12.5 Å². The molecule has 1 N–H and O–H groups in total. The van der Waals surface area contributed by atoms with Crippen LogP contribution in [0.3, 0.4) is 0 Å². The van der Waals surface area contributed by atoms with Gasteiger partial charge in [0.2, 0.25) is 5.88 Å². The van der Waals surface area contributed by atoms with Crippen LogP contribution in [0.15, 0.2) is 12.1 Å². The first kappa shape index (κ1) is 13.4. The summed E-state index contributed by atoms with van der Waals surface area (Å²) in [5, 5.41) is 10.7. The van der Waals surface area contributed by atoms with E-state index in [1.165, 1.54) is 13.2 Å². The molecule has 0 aliphatic rings. The number of carbonyl (C=O) groups is 1. The number of nitrogens with one attached hydrogen (secondary N) is 1. The topological polar surface area (TPSA) is 73.3 Å². The quantitative estimate of drug-likeness (QED) is 0.556.